The minimum Gasteiger partial charge on any atom is -0.455 e. The molecule has 4 heteroatoms. The predicted octanol–water partition coefficient (Wildman–Crippen LogP) is 17.6. The summed E-state index contributed by atoms with van der Waals surface area (Å²) < 4.78 is 14.0. The SMILES string of the molecule is Cc1cccc(C)c1N(c1ccccc1)c1ccc2cc3c(cc2c1)oc1c(-c2ccccc2)c2oc4cc5cc(N(c6ccccc6)c6c(C)cccc6C)ccc5cc4c2cc13. The molecule has 4 nitrogen and oxygen atoms in total. The lowest BCUT2D eigenvalue weighted by Gasteiger charge is -2.29. The highest BCUT2D eigenvalue weighted by atomic mass is 16.3. The van der Waals surface area contributed by atoms with Crippen LogP contribution in [-0.2, 0) is 0 Å². The van der Waals surface area contributed by atoms with Gasteiger partial charge in [0.2, 0.25) is 0 Å². The van der Waals surface area contributed by atoms with Gasteiger partial charge in [0, 0.05) is 44.3 Å². The number of benzene rings is 10. The number of hydrogen-bond donors (Lipinski definition) is 0. The van der Waals surface area contributed by atoms with Gasteiger partial charge < -0.3 is 18.6 Å². The lowest BCUT2D eigenvalue weighted by Crippen LogP contribution is -2.12. The second-order valence-corrected chi connectivity index (χ2v) is 17.2. The van der Waals surface area contributed by atoms with Crippen LogP contribution in [0.15, 0.2) is 203 Å². The summed E-state index contributed by atoms with van der Waals surface area (Å²) in [6, 6.07) is 69.6. The Morgan fingerprint density at radius 2 is 0.719 bits per heavy atom. The van der Waals surface area contributed by atoms with Crippen LogP contribution in [0.1, 0.15) is 22.3 Å². The lowest BCUT2D eigenvalue weighted by atomic mass is 9.97. The molecule has 0 atom stereocenters. The number of para-hydroxylation sites is 4. The maximum atomic E-state index is 7.00. The Labute approximate surface area is 371 Å². The molecule has 0 fully saturated rings. The van der Waals surface area contributed by atoms with Crippen LogP contribution in [0.3, 0.4) is 0 Å². The van der Waals surface area contributed by atoms with E-state index in [1.54, 1.807) is 0 Å². The van der Waals surface area contributed by atoms with Crippen LogP contribution in [0, 0.1) is 27.7 Å². The maximum Gasteiger partial charge on any atom is 0.147 e. The molecule has 0 aliphatic rings. The number of fused-ring (bicyclic) bond motifs is 8. The highest BCUT2D eigenvalue weighted by Gasteiger charge is 2.24. The van der Waals surface area contributed by atoms with Crippen molar-refractivity contribution in [3.05, 3.63) is 216 Å². The van der Waals surface area contributed by atoms with Gasteiger partial charge in [0.25, 0.3) is 0 Å². The van der Waals surface area contributed by atoms with Crippen LogP contribution in [0.5, 0.6) is 0 Å². The van der Waals surface area contributed by atoms with Gasteiger partial charge in [0.15, 0.2) is 0 Å². The lowest BCUT2D eigenvalue weighted by molar-refractivity contribution is 0.658. The smallest absolute Gasteiger partial charge is 0.147 e. The second-order valence-electron chi connectivity index (χ2n) is 17.2. The Kier molecular flexibility index (Phi) is 8.70. The molecular weight excluding hydrogens is 781 g/mol. The number of furan rings is 2. The third kappa shape index (κ3) is 6.06. The van der Waals surface area contributed by atoms with Crippen molar-refractivity contribution >= 4 is 99.5 Å². The molecule has 2 heterocycles. The van der Waals surface area contributed by atoms with Crippen LogP contribution in [0.25, 0.3) is 76.5 Å². The van der Waals surface area contributed by atoms with Crippen molar-refractivity contribution < 1.29 is 8.83 Å². The first-order valence-corrected chi connectivity index (χ1v) is 22.0. The van der Waals surface area contributed by atoms with Gasteiger partial charge in [0.05, 0.1) is 16.9 Å². The Morgan fingerprint density at radius 3 is 1.14 bits per heavy atom. The average Bonchev–Trinajstić information content (AvgIpc) is 3.86. The molecule has 12 aromatic rings. The Hall–Kier alpha value is -8.08. The van der Waals surface area contributed by atoms with E-state index in [4.69, 9.17) is 8.83 Å². The molecule has 10 aromatic carbocycles. The monoisotopic (exact) mass is 824 g/mol. The van der Waals surface area contributed by atoms with E-state index in [1.807, 2.05) is 0 Å². The molecule has 0 aliphatic carbocycles. The number of hydrogen-bond acceptors (Lipinski definition) is 4. The third-order valence-corrected chi connectivity index (χ3v) is 13.0. The number of nitrogens with zero attached hydrogens (tertiary/aromatic N) is 2. The van der Waals surface area contributed by atoms with E-state index < -0.39 is 0 Å². The van der Waals surface area contributed by atoms with Gasteiger partial charge in [-0.3, -0.25) is 0 Å². The summed E-state index contributed by atoms with van der Waals surface area (Å²) in [5.41, 5.74) is 17.1. The molecule has 0 unspecified atom stereocenters. The van der Waals surface area contributed by atoms with Gasteiger partial charge in [0.1, 0.15) is 22.3 Å². The minimum atomic E-state index is 0.823. The van der Waals surface area contributed by atoms with E-state index in [9.17, 15) is 0 Å². The zero-order valence-corrected chi connectivity index (χ0v) is 36.2. The van der Waals surface area contributed by atoms with E-state index in [0.29, 0.717) is 0 Å². The van der Waals surface area contributed by atoms with Gasteiger partial charge in [-0.05, 0) is 156 Å². The van der Waals surface area contributed by atoms with Gasteiger partial charge in [-0.1, -0.05) is 115 Å². The van der Waals surface area contributed by atoms with E-state index in [0.717, 1.165) is 99.3 Å². The molecule has 0 bridgehead atoms. The zero-order chi connectivity index (χ0) is 43.1. The number of aryl methyl sites for hydroxylation is 4. The molecular formula is C60H44N2O2. The van der Waals surface area contributed by atoms with Crippen molar-refractivity contribution in [3.8, 4) is 11.1 Å². The molecule has 0 aliphatic heterocycles. The second kappa shape index (κ2) is 14.8. The third-order valence-electron chi connectivity index (χ3n) is 13.0. The minimum absolute atomic E-state index is 0.823. The molecule has 64 heavy (non-hydrogen) atoms. The standard InChI is InChI=1S/C60H44N2O2/c1-37-16-14-17-38(2)57(37)61(46-22-10-6-11-23-46)48-28-26-42-32-50-52-36-53-51-33-43-27-29-49(62(47-24-12-7-13-25-47)58-39(3)18-15-19-40(58)4)31-45(43)35-55(51)64-60(53)56(41-20-8-5-9-21-41)59(52)63-54(50)34-44(42)30-48/h5-36H,1-4H3. The van der Waals surface area contributed by atoms with E-state index in [1.165, 1.54) is 33.6 Å². The average molecular weight is 825 g/mol. The predicted molar refractivity (Wildman–Crippen MR) is 270 cm³/mol. The summed E-state index contributed by atoms with van der Waals surface area (Å²) in [5, 5.41) is 8.82. The van der Waals surface area contributed by atoms with Crippen molar-refractivity contribution in [2.45, 2.75) is 27.7 Å². The Balaban J connectivity index is 1.04. The van der Waals surface area contributed by atoms with Crippen LogP contribution in [-0.4, -0.2) is 0 Å². The number of anilines is 6. The first kappa shape index (κ1) is 37.7. The van der Waals surface area contributed by atoms with Crippen LogP contribution in [0.4, 0.5) is 34.1 Å². The molecule has 2 aromatic heterocycles. The van der Waals surface area contributed by atoms with Crippen molar-refractivity contribution in [1.82, 2.24) is 0 Å². The normalized spacial score (nSPS) is 11.8. The van der Waals surface area contributed by atoms with Gasteiger partial charge in [-0.25, -0.2) is 0 Å². The van der Waals surface area contributed by atoms with Gasteiger partial charge >= 0.3 is 0 Å². The quantitative estimate of drug-likeness (QED) is 0.160. The number of rotatable bonds is 7. The fourth-order valence-electron chi connectivity index (χ4n) is 10.0. The van der Waals surface area contributed by atoms with Crippen LogP contribution >= 0.6 is 0 Å². The van der Waals surface area contributed by atoms with Crippen LogP contribution in [0.2, 0.25) is 0 Å². The zero-order valence-electron chi connectivity index (χ0n) is 36.2. The van der Waals surface area contributed by atoms with Crippen molar-refractivity contribution in [2.75, 3.05) is 9.80 Å². The molecule has 0 amide bonds. The summed E-state index contributed by atoms with van der Waals surface area (Å²) >= 11 is 0. The topological polar surface area (TPSA) is 32.8 Å². The van der Waals surface area contributed by atoms with Crippen molar-refractivity contribution in [3.63, 3.8) is 0 Å². The molecule has 12 rings (SSSR count). The van der Waals surface area contributed by atoms with E-state index in [2.05, 4.69) is 232 Å². The Morgan fingerprint density at radius 1 is 0.312 bits per heavy atom. The summed E-state index contributed by atoms with van der Waals surface area (Å²) in [6.07, 6.45) is 0. The fraction of sp³-hybridized carbons (Fsp3) is 0.0667. The maximum absolute atomic E-state index is 7.00. The largest absolute Gasteiger partial charge is 0.455 e. The summed E-state index contributed by atoms with van der Waals surface area (Å²) in [4.78, 5) is 4.74. The van der Waals surface area contributed by atoms with Gasteiger partial charge in [-0.15, -0.1) is 0 Å². The summed E-state index contributed by atoms with van der Waals surface area (Å²) in [6.45, 7) is 8.75. The highest BCUT2D eigenvalue weighted by Crippen LogP contribution is 2.47. The molecule has 0 saturated heterocycles. The molecule has 0 N–H and O–H groups in total. The van der Waals surface area contributed by atoms with E-state index in [-0.39, 0.29) is 0 Å². The first-order chi connectivity index (χ1) is 31.4. The molecule has 0 spiro atoms. The van der Waals surface area contributed by atoms with Crippen LogP contribution < -0.4 is 9.80 Å². The highest BCUT2D eigenvalue weighted by molar-refractivity contribution is 6.24. The van der Waals surface area contributed by atoms with E-state index >= 15 is 0 Å². The summed E-state index contributed by atoms with van der Waals surface area (Å²) in [5.74, 6) is 0. The van der Waals surface area contributed by atoms with Gasteiger partial charge in [-0.2, -0.15) is 0 Å². The van der Waals surface area contributed by atoms with Crippen molar-refractivity contribution in [1.29, 1.82) is 0 Å². The molecule has 0 radical (unpaired) electrons. The Bertz CT molecular complexity index is 3500. The van der Waals surface area contributed by atoms with Crippen molar-refractivity contribution in [2.24, 2.45) is 0 Å². The summed E-state index contributed by atoms with van der Waals surface area (Å²) in [7, 11) is 0. The molecule has 0 saturated carbocycles. The first-order valence-electron chi connectivity index (χ1n) is 22.0. The fourth-order valence-corrected chi connectivity index (χ4v) is 10.0. The molecule has 306 valence electrons.